The molecule has 0 saturated heterocycles. The fourth-order valence-corrected chi connectivity index (χ4v) is 2.35. The molecule has 3 nitrogen and oxygen atoms in total. The Morgan fingerprint density at radius 3 is 2.94 bits per heavy atom. The maximum atomic E-state index is 12.4. The van der Waals surface area contributed by atoms with E-state index in [1.54, 1.807) is 6.07 Å². The van der Waals surface area contributed by atoms with Crippen LogP contribution in [-0.2, 0) is 23.1 Å². The van der Waals surface area contributed by atoms with E-state index >= 15 is 0 Å². The second-order valence-electron chi connectivity index (χ2n) is 4.07. The van der Waals surface area contributed by atoms with E-state index in [0.717, 1.165) is 23.3 Å². The minimum Gasteiger partial charge on any atom is -0.490 e. The largest absolute Gasteiger partial charge is 0.490 e. The molecule has 5 heteroatoms. The highest BCUT2D eigenvalue weighted by molar-refractivity contribution is 7.86. The number of fused-ring (bicyclic) bond motifs is 1. The second-order valence-corrected chi connectivity index (χ2v) is 5.55. The van der Waals surface area contributed by atoms with Crippen LogP contribution in [0.4, 0.5) is 3.89 Å². The molecule has 0 aliphatic carbocycles. The topological polar surface area (TPSA) is 43.4 Å². The Hall–Kier alpha value is -1.10. The summed E-state index contributed by atoms with van der Waals surface area (Å²) in [5.41, 5.74) is 1.90. The minimum absolute atomic E-state index is 0.162. The summed E-state index contributed by atoms with van der Waals surface area (Å²) in [6.07, 6.45) is 1.20. The Balaban J connectivity index is 2.11. The van der Waals surface area contributed by atoms with Crippen LogP contribution in [0.25, 0.3) is 0 Å². The van der Waals surface area contributed by atoms with Gasteiger partial charge in [-0.2, -0.15) is 8.42 Å². The van der Waals surface area contributed by atoms with E-state index < -0.39 is 16.0 Å². The third kappa shape index (κ3) is 2.72. The van der Waals surface area contributed by atoms with Crippen LogP contribution in [0.5, 0.6) is 5.75 Å². The van der Waals surface area contributed by atoms with E-state index in [-0.39, 0.29) is 12.5 Å². The van der Waals surface area contributed by atoms with Crippen LogP contribution in [0.1, 0.15) is 18.1 Å². The number of hydrogen-bond acceptors (Lipinski definition) is 3. The van der Waals surface area contributed by atoms with Crippen molar-refractivity contribution in [2.75, 3.05) is 5.75 Å². The lowest BCUT2D eigenvalue weighted by Crippen LogP contribution is -2.05. The molecule has 88 valence electrons. The molecule has 1 aliphatic heterocycles. The summed E-state index contributed by atoms with van der Waals surface area (Å²) in [7, 11) is -4.38. The fraction of sp³-hybridized carbons (Fsp3) is 0.455. The molecule has 1 aromatic carbocycles. The third-order valence-electron chi connectivity index (χ3n) is 2.59. The molecule has 0 radical (unpaired) electrons. The quantitative estimate of drug-likeness (QED) is 0.762. The van der Waals surface area contributed by atoms with Crippen LogP contribution in [0.3, 0.4) is 0 Å². The van der Waals surface area contributed by atoms with Gasteiger partial charge in [-0.05, 0) is 30.5 Å². The Morgan fingerprint density at radius 2 is 2.25 bits per heavy atom. The van der Waals surface area contributed by atoms with Crippen LogP contribution >= 0.6 is 0 Å². The molecule has 0 saturated carbocycles. The lowest BCUT2D eigenvalue weighted by molar-refractivity contribution is 0.254. The lowest BCUT2D eigenvalue weighted by atomic mass is 10.1. The Kier molecular flexibility index (Phi) is 2.88. The van der Waals surface area contributed by atoms with Gasteiger partial charge < -0.3 is 4.74 Å². The van der Waals surface area contributed by atoms with E-state index in [2.05, 4.69) is 0 Å². The molecule has 1 unspecified atom stereocenters. The van der Waals surface area contributed by atoms with Gasteiger partial charge in [-0.1, -0.05) is 12.1 Å². The summed E-state index contributed by atoms with van der Waals surface area (Å²) in [6, 6.07) is 5.49. The highest BCUT2D eigenvalue weighted by atomic mass is 32.3. The molecule has 1 atom stereocenters. The van der Waals surface area contributed by atoms with Crippen molar-refractivity contribution in [3.8, 4) is 5.75 Å². The molecule has 0 spiro atoms. The van der Waals surface area contributed by atoms with Gasteiger partial charge in [0.15, 0.2) is 0 Å². The van der Waals surface area contributed by atoms with Crippen LogP contribution < -0.4 is 4.74 Å². The maximum absolute atomic E-state index is 12.4. The first-order valence-corrected chi connectivity index (χ1v) is 6.70. The van der Waals surface area contributed by atoms with E-state index in [9.17, 15) is 12.3 Å². The summed E-state index contributed by atoms with van der Waals surface area (Å²) < 4.78 is 38.7. The molecule has 0 N–H and O–H groups in total. The maximum Gasteiger partial charge on any atom is 0.302 e. The van der Waals surface area contributed by atoms with Crippen LogP contribution in [0.15, 0.2) is 18.2 Å². The molecular weight excluding hydrogens is 231 g/mol. The molecule has 0 fully saturated rings. The number of rotatable bonds is 3. The van der Waals surface area contributed by atoms with Crippen LogP contribution in [-0.4, -0.2) is 20.3 Å². The summed E-state index contributed by atoms with van der Waals surface area (Å²) in [6.45, 7) is 1.98. The molecule has 0 amide bonds. The number of hydrogen-bond donors (Lipinski definition) is 0. The Labute approximate surface area is 94.5 Å². The van der Waals surface area contributed by atoms with Gasteiger partial charge in [-0.15, -0.1) is 3.89 Å². The van der Waals surface area contributed by atoms with Gasteiger partial charge in [-0.3, -0.25) is 0 Å². The third-order valence-corrected chi connectivity index (χ3v) is 3.29. The number of ether oxygens (including phenoxy) is 1. The molecule has 0 bridgehead atoms. The highest BCUT2D eigenvalue weighted by Gasteiger charge is 2.19. The van der Waals surface area contributed by atoms with E-state index in [1.165, 1.54) is 0 Å². The Bertz CT molecular complexity index is 496. The van der Waals surface area contributed by atoms with Crippen molar-refractivity contribution in [2.45, 2.75) is 25.9 Å². The van der Waals surface area contributed by atoms with Crippen molar-refractivity contribution in [2.24, 2.45) is 0 Å². The molecule has 0 aromatic heterocycles. The summed E-state index contributed by atoms with van der Waals surface area (Å²) in [5, 5.41) is 0. The summed E-state index contributed by atoms with van der Waals surface area (Å²) in [4.78, 5) is 0. The van der Waals surface area contributed by atoms with Gasteiger partial charge in [0.25, 0.3) is 0 Å². The van der Waals surface area contributed by atoms with Crippen molar-refractivity contribution in [3.05, 3.63) is 29.3 Å². The zero-order chi connectivity index (χ0) is 11.8. The minimum atomic E-state index is -4.38. The first-order valence-electron chi connectivity index (χ1n) is 5.15. The molecule has 1 heterocycles. The van der Waals surface area contributed by atoms with E-state index in [4.69, 9.17) is 4.74 Å². The predicted molar refractivity (Wildman–Crippen MR) is 58.8 cm³/mol. The van der Waals surface area contributed by atoms with E-state index in [0.29, 0.717) is 0 Å². The van der Waals surface area contributed by atoms with Crippen molar-refractivity contribution in [1.29, 1.82) is 0 Å². The van der Waals surface area contributed by atoms with Gasteiger partial charge in [0, 0.05) is 6.42 Å². The SMILES string of the molecule is CC1Cc2cc(CCS(=O)(=O)F)ccc2O1. The zero-order valence-corrected chi connectivity index (χ0v) is 9.76. The number of halogens is 1. The van der Waals surface area contributed by atoms with Gasteiger partial charge in [0.05, 0.1) is 5.75 Å². The van der Waals surface area contributed by atoms with E-state index in [1.807, 2.05) is 19.1 Å². The highest BCUT2D eigenvalue weighted by Crippen LogP contribution is 2.29. The standard InChI is InChI=1S/C11H13FO3S/c1-8-6-10-7-9(2-3-11(10)15-8)4-5-16(12,13)14/h2-3,7-8H,4-6H2,1H3. The van der Waals surface area contributed by atoms with Gasteiger partial charge in [0.2, 0.25) is 0 Å². The van der Waals surface area contributed by atoms with Crippen molar-refractivity contribution in [1.82, 2.24) is 0 Å². The van der Waals surface area contributed by atoms with Crippen molar-refractivity contribution in [3.63, 3.8) is 0 Å². The summed E-state index contributed by atoms with van der Waals surface area (Å²) >= 11 is 0. The lowest BCUT2D eigenvalue weighted by Gasteiger charge is -2.03. The molecular formula is C11H13FO3S. The van der Waals surface area contributed by atoms with Crippen molar-refractivity contribution < 1.29 is 17.0 Å². The van der Waals surface area contributed by atoms with Gasteiger partial charge in [-0.25, -0.2) is 0 Å². The van der Waals surface area contributed by atoms with Crippen molar-refractivity contribution >= 4 is 10.2 Å². The molecule has 1 aromatic rings. The average Bonchev–Trinajstić information content (AvgIpc) is 2.52. The van der Waals surface area contributed by atoms with Crippen LogP contribution in [0.2, 0.25) is 0 Å². The zero-order valence-electron chi connectivity index (χ0n) is 8.94. The molecule has 2 rings (SSSR count). The first kappa shape index (κ1) is 11.4. The number of benzene rings is 1. The number of aryl methyl sites for hydroxylation is 1. The Morgan fingerprint density at radius 1 is 1.50 bits per heavy atom. The second kappa shape index (κ2) is 4.05. The average molecular weight is 244 g/mol. The normalized spacial score (nSPS) is 19.2. The van der Waals surface area contributed by atoms with Crippen LogP contribution in [0, 0.1) is 0 Å². The van der Waals surface area contributed by atoms with Gasteiger partial charge >= 0.3 is 10.2 Å². The molecule has 1 aliphatic rings. The predicted octanol–water partition coefficient (Wildman–Crippen LogP) is 1.85. The molecule has 16 heavy (non-hydrogen) atoms. The fourth-order valence-electron chi connectivity index (χ4n) is 1.87. The smallest absolute Gasteiger partial charge is 0.302 e. The summed E-state index contributed by atoms with van der Waals surface area (Å²) in [5.74, 6) is 0.390. The van der Waals surface area contributed by atoms with Gasteiger partial charge in [0.1, 0.15) is 11.9 Å². The first-order chi connectivity index (χ1) is 7.44. The monoisotopic (exact) mass is 244 g/mol.